The van der Waals surface area contributed by atoms with Gasteiger partial charge in [-0.15, -0.1) is 0 Å². The molecule has 0 saturated carbocycles. The van der Waals surface area contributed by atoms with Crippen LogP contribution in [0.4, 0.5) is 11.4 Å². The predicted octanol–water partition coefficient (Wildman–Crippen LogP) is 7.30. The summed E-state index contributed by atoms with van der Waals surface area (Å²) >= 11 is 3.44. The van der Waals surface area contributed by atoms with Crippen LogP contribution in [0.3, 0.4) is 0 Å². The van der Waals surface area contributed by atoms with E-state index < -0.39 is 0 Å². The second kappa shape index (κ2) is 8.85. The molecule has 0 aromatic heterocycles. The van der Waals surface area contributed by atoms with Gasteiger partial charge >= 0.3 is 0 Å². The maximum Gasteiger partial charge on any atom is 0.176 e. The summed E-state index contributed by atoms with van der Waals surface area (Å²) in [6.45, 7) is 0. The standard InChI is InChI=1S/C28H19BrN2O/c29-21-12-10-19(11-13-21)18-30-22-14-16-23(17-15-22)31-27-24-8-4-5-9-25(24)28(32)26(27)20-6-2-1-3-7-20/h1-18,26H. The number of hydrogen-bond donors (Lipinski definition) is 0. The summed E-state index contributed by atoms with van der Waals surface area (Å²) in [6.07, 6.45) is 1.84. The lowest BCUT2D eigenvalue weighted by Gasteiger charge is -2.11. The van der Waals surface area contributed by atoms with Gasteiger partial charge in [0.15, 0.2) is 5.78 Å². The first kappa shape index (κ1) is 20.3. The van der Waals surface area contributed by atoms with Crippen LogP contribution in [0, 0.1) is 0 Å². The van der Waals surface area contributed by atoms with E-state index in [-0.39, 0.29) is 11.7 Å². The summed E-state index contributed by atoms with van der Waals surface area (Å²) < 4.78 is 1.04. The van der Waals surface area contributed by atoms with Crippen LogP contribution < -0.4 is 0 Å². The number of carbonyl (C=O) groups excluding carboxylic acids is 1. The van der Waals surface area contributed by atoms with Gasteiger partial charge in [0, 0.05) is 21.8 Å². The Hall–Kier alpha value is -3.63. The molecule has 0 bridgehead atoms. The summed E-state index contributed by atoms with van der Waals surface area (Å²) in [7, 11) is 0. The Morgan fingerprint density at radius 2 is 1.31 bits per heavy atom. The molecule has 0 radical (unpaired) electrons. The monoisotopic (exact) mass is 478 g/mol. The Morgan fingerprint density at radius 3 is 2.03 bits per heavy atom. The zero-order chi connectivity index (χ0) is 21.9. The molecule has 0 spiro atoms. The molecule has 0 fully saturated rings. The molecule has 0 amide bonds. The normalized spacial score (nSPS) is 16.6. The molecule has 4 aromatic rings. The molecule has 3 nitrogen and oxygen atoms in total. The highest BCUT2D eigenvalue weighted by molar-refractivity contribution is 9.10. The van der Waals surface area contributed by atoms with Crippen molar-refractivity contribution in [3.8, 4) is 0 Å². The van der Waals surface area contributed by atoms with Gasteiger partial charge in [0.05, 0.1) is 23.0 Å². The number of aliphatic imine (C=N–C) groups is 2. The van der Waals surface area contributed by atoms with E-state index in [0.29, 0.717) is 0 Å². The van der Waals surface area contributed by atoms with Crippen LogP contribution in [0.25, 0.3) is 0 Å². The minimum absolute atomic E-state index is 0.0984. The number of ketones is 1. The second-order valence-corrected chi connectivity index (χ2v) is 8.49. The molecule has 0 aliphatic heterocycles. The molecule has 0 heterocycles. The van der Waals surface area contributed by atoms with E-state index in [1.54, 1.807) is 0 Å². The Bertz CT molecular complexity index is 1320. The van der Waals surface area contributed by atoms with Crippen LogP contribution in [0.1, 0.15) is 33.0 Å². The third-order valence-corrected chi connectivity index (χ3v) is 6.00. The third kappa shape index (κ3) is 4.10. The lowest BCUT2D eigenvalue weighted by molar-refractivity contribution is 0.0988. The molecule has 0 saturated heterocycles. The Balaban J connectivity index is 1.47. The van der Waals surface area contributed by atoms with Crippen molar-refractivity contribution in [2.24, 2.45) is 9.98 Å². The molecule has 1 atom stereocenters. The van der Waals surface area contributed by atoms with Gasteiger partial charge in [-0.25, -0.2) is 0 Å². The minimum Gasteiger partial charge on any atom is -0.293 e. The van der Waals surface area contributed by atoms with Crippen molar-refractivity contribution in [1.82, 2.24) is 0 Å². The Morgan fingerprint density at radius 1 is 0.688 bits per heavy atom. The fourth-order valence-electron chi connectivity index (χ4n) is 3.89. The van der Waals surface area contributed by atoms with Crippen molar-refractivity contribution in [2.45, 2.75) is 5.92 Å². The fraction of sp³-hybridized carbons (Fsp3) is 0.0357. The van der Waals surface area contributed by atoms with Gasteiger partial charge in [0.2, 0.25) is 0 Å². The van der Waals surface area contributed by atoms with Crippen molar-refractivity contribution in [3.05, 3.63) is 130 Å². The number of rotatable bonds is 4. The largest absolute Gasteiger partial charge is 0.293 e. The number of carbonyl (C=O) groups is 1. The average Bonchev–Trinajstić information content (AvgIpc) is 3.12. The van der Waals surface area contributed by atoms with Crippen molar-refractivity contribution in [1.29, 1.82) is 0 Å². The summed E-state index contributed by atoms with van der Waals surface area (Å²) in [4.78, 5) is 22.7. The minimum atomic E-state index is -0.385. The number of hydrogen-bond acceptors (Lipinski definition) is 3. The molecule has 4 heteroatoms. The molecule has 1 aliphatic carbocycles. The zero-order valence-electron chi connectivity index (χ0n) is 17.2. The lowest BCUT2D eigenvalue weighted by atomic mass is 9.93. The lowest BCUT2D eigenvalue weighted by Crippen LogP contribution is -2.13. The summed E-state index contributed by atoms with van der Waals surface area (Å²) in [6, 6.07) is 33.3. The van der Waals surface area contributed by atoms with Gasteiger partial charge in [0.1, 0.15) is 0 Å². The average molecular weight is 479 g/mol. The maximum atomic E-state index is 13.2. The van der Waals surface area contributed by atoms with E-state index in [2.05, 4.69) is 20.9 Å². The molecular formula is C28H19BrN2O. The van der Waals surface area contributed by atoms with E-state index in [0.717, 1.165) is 43.8 Å². The SMILES string of the molecule is O=C1c2ccccc2C(=Nc2ccc(N=Cc3ccc(Br)cc3)cc2)C1c1ccccc1. The van der Waals surface area contributed by atoms with Crippen LogP contribution in [-0.4, -0.2) is 17.7 Å². The van der Waals surface area contributed by atoms with E-state index in [1.165, 1.54) is 0 Å². The number of fused-ring (bicyclic) bond motifs is 1. The van der Waals surface area contributed by atoms with Crippen molar-refractivity contribution in [2.75, 3.05) is 0 Å². The highest BCUT2D eigenvalue weighted by atomic mass is 79.9. The molecule has 32 heavy (non-hydrogen) atoms. The molecule has 0 N–H and O–H groups in total. The van der Waals surface area contributed by atoms with Gasteiger partial charge in [-0.2, -0.15) is 0 Å². The van der Waals surface area contributed by atoms with Crippen molar-refractivity contribution >= 4 is 45.0 Å². The Kier molecular flexibility index (Phi) is 5.61. The summed E-state index contributed by atoms with van der Waals surface area (Å²) in [5.41, 5.74) is 6.07. The first-order chi connectivity index (χ1) is 15.7. The van der Waals surface area contributed by atoms with Gasteiger partial charge in [-0.05, 0) is 47.5 Å². The summed E-state index contributed by atoms with van der Waals surface area (Å²) in [5.74, 6) is -0.287. The van der Waals surface area contributed by atoms with Crippen molar-refractivity contribution in [3.63, 3.8) is 0 Å². The molecule has 4 aromatic carbocycles. The third-order valence-electron chi connectivity index (χ3n) is 5.47. The molecule has 154 valence electrons. The van der Waals surface area contributed by atoms with Crippen LogP contribution >= 0.6 is 15.9 Å². The number of benzene rings is 4. The number of Topliss-reactive ketones (excluding diaryl/α,β-unsaturated/α-hetero) is 1. The van der Waals surface area contributed by atoms with Crippen LogP contribution in [0.2, 0.25) is 0 Å². The number of nitrogens with zero attached hydrogens (tertiary/aromatic N) is 2. The van der Waals surface area contributed by atoms with E-state index in [9.17, 15) is 4.79 Å². The predicted molar refractivity (Wildman–Crippen MR) is 134 cm³/mol. The Labute approximate surface area is 195 Å². The van der Waals surface area contributed by atoms with E-state index in [1.807, 2.05) is 109 Å². The maximum absolute atomic E-state index is 13.2. The van der Waals surface area contributed by atoms with E-state index in [4.69, 9.17) is 4.99 Å². The molecule has 5 rings (SSSR count). The second-order valence-electron chi connectivity index (χ2n) is 7.58. The molecule has 1 aliphatic rings. The van der Waals surface area contributed by atoms with Gasteiger partial charge in [-0.3, -0.25) is 14.8 Å². The van der Waals surface area contributed by atoms with Crippen LogP contribution in [-0.2, 0) is 0 Å². The molecular weight excluding hydrogens is 460 g/mol. The van der Waals surface area contributed by atoms with Crippen LogP contribution in [0.5, 0.6) is 0 Å². The van der Waals surface area contributed by atoms with Crippen molar-refractivity contribution < 1.29 is 4.79 Å². The first-order valence-corrected chi connectivity index (χ1v) is 11.2. The highest BCUT2D eigenvalue weighted by Crippen LogP contribution is 2.36. The fourth-order valence-corrected chi connectivity index (χ4v) is 4.15. The van der Waals surface area contributed by atoms with E-state index >= 15 is 0 Å². The first-order valence-electron chi connectivity index (χ1n) is 10.4. The highest BCUT2D eigenvalue weighted by Gasteiger charge is 2.37. The summed E-state index contributed by atoms with van der Waals surface area (Å²) in [5, 5.41) is 0. The molecule has 1 unspecified atom stereocenters. The topological polar surface area (TPSA) is 41.8 Å². The zero-order valence-corrected chi connectivity index (χ0v) is 18.7. The van der Waals surface area contributed by atoms with Gasteiger partial charge in [0.25, 0.3) is 0 Å². The quantitative estimate of drug-likeness (QED) is 0.283. The van der Waals surface area contributed by atoms with Gasteiger partial charge in [-0.1, -0.05) is 82.7 Å². The van der Waals surface area contributed by atoms with Crippen LogP contribution in [0.15, 0.2) is 118 Å². The van der Waals surface area contributed by atoms with Gasteiger partial charge < -0.3 is 0 Å². The smallest absolute Gasteiger partial charge is 0.176 e. The number of halogens is 1.